The maximum absolute atomic E-state index is 13.3. The molecular weight excluding hydrogens is 469 g/mol. The van der Waals surface area contributed by atoms with Crippen LogP contribution >= 0.6 is 0 Å². The van der Waals surface area contributed by atoms with Crippen molar-refractivity contribution < 1.29 is 18.0 Å². The molecule has 3 aliphatic heterocycles. The highest BCUT2D eigenvalue weighted by atomic mass is 19.4. The first-order chi connectivity index (χ1) is 17.4. The van der Waals surface area contributed by atoms with Crippen molar-refractivity contribution in [3.8, 4) is 0 Å². The number of aromatic nitrogens is 1. The number of pyridine rings is 1. The highest BCUT2D eigenvalue weighted by Gasteiger charge is 2.50. The van der Waals surface area contributed by atoms with E-state index in [0.29, 0.717) is 12.5 Å². The summed E-state index contributed by atoms with van der Waals surface area (Å²) in [5, 5.41) is 3.22. The fourth-order valence-electron chi connectivity index (χ4n) is 6.89. The molecule has 4 aliphatic rings. The molecular formula is C26H31F3N6O. The van der Waals surface area contributed by atoms with Gasteiger partial charge in [0.2, 0.25) is 0 Å². The van der Waals surface area contributed by atoms with Crippen LogP contribution in [-0.4, -0.2) is 71.3 Å². The summed E-state index contributed by atoms with van der Waals surface area (Å²) < 4.78 is 39.8. The monoisotopic (exact) mass is 500 g/mol. The fraction of sp³-hybridized carbons (Fsp3) is 0.538. The number of benzene rings is 1. The molecule has 3 saturated heterocycles. The SMILES string of the molecule is O=C1NC2CC3NNC(c4ccncc4)C3CC2CN1[C@@H]1CN(CC(F)(F)F)C[C@H]1c1ccccc1. The van der Waals surface area contributed by atoms with Gasteiger partial charge in [-0.1, -0.05) is 30.3 Å². The number of fused-ring (bicyclic) bond motifs is 2. The standard InChI is InChI=1S/C26H31F3N6O/c27-26(28,29)15-34-13-20(16-4-2-1-3-5-16)23(14-34)35-12-18-10-19-22(11-21(18)31-25(35)36)32-33-24(19)17-6-8-30-9-7-17/h1-9,18-24,32-33H,10-15H2,(H,31,36)/t18?,19?,20-,21?,22?,23+,24?/m0/s1. The Morgan fingerprint density at radius 3 is 2.44 bits per heavy atom. The summed E-state index contributed by atoms with van der Waals surface area (Å²) in [6.45, 7) is 0.118. The number of hydrogen-bond acceptors (Lipinski definition) is 5. The van der Waals surface area contributed by atoms with Crippen LogP contribution in [0.15, 0.2) is 54.9 Å². The molecule has 7 atom stereocenters. The number of carbonyl (C=O) groups is 1. The first-order valence-electron chi connectivity index (χ1n) is 12.7. The minimum atomic E-state index is -4.27. The number of amides is 2. The second-order valence-electron chi connectivity index (χ2n) is 10.7. The smallest absolute Gasteiger partial charge is 0.335 e. The van der Waals surface area contributed by atoms with Gasteiger partial charge in [-0.05, 0) is 47.9 Å². The van der Waals surface area contributed by atoms with Gasteiger partial charge in [0.1, 0.15) is 0 Å². The van der Waals surface area contributed by atoms with Crippen molar-refractivity contribution in [2.75, 3.05) is 26.2 Å². The quantitative estimate of drug-likeness (QED) is 0.602. The van der Waals surface area contributed by atoms with Gasteiger partial charge in [0.25, 0.3) is 0 Å². The van der Waals surface area contributed by atoms with Crippen LogP contribution in [0.2, 0.25) is 0 Å². The second-order valence-corrected chi connectivity index (χ2v) is 10.7. The average Bonchev–Trinajstić information content (AvgIpc) is 3.46. The number of hydrazine groups is 1. The van der Waals surface area contributed by atoms with E-state index >= 15 is 0 Å². The Morgan fingerprint density at radius 1 is 0.917 bits per heavy atom. The van der Waals surface area contributed by atoms with Gasteiger partial charge < -0.3 is 10.2 Å². The number of likely N-dealkylation sites (tertiary alicyclic amines) is 1. The van der Waals surface area contributed by atoms with Crippen molar-refractivity contribution in [1.82, 2.24) is 31.0 Å². The van der Waals surface area contributed by atoms with Crippen molar-refractivity contribution in [2.24, 2.45) is 11.8 Å². The van der Waals surface area contributed by atoms with Gasteiger partial charge in [0, 0.05) is 50.0 Å². The van der Waals surface area contributed by atoms with Crippen LogP contribution in [0.4, 0.5) is 18.0 Å². The summed E-state index contributed by atoms with van der Waals surface area (Å²) >= 11 is 0. The van der Waals surface area contributed by atoms with Crippen LogP contribution in [0, 0.1) is 11.8 Å². The largest absolute Gasteiger partial charge is 0.401 e. The molecule has 0 bridgehead atoms. The number of carbonyl (C=O) groups excluding carboxylic acids is 1. The lowest BCUT2D eigenvalue weighted by Crippen LogP contribution is -2.63. The van der Waals surface area contributed by atoms with Gasteiger partial charge in [0.05, 0.1) is 18.6 Å². The molecule has 36 heavy (non-hydrogen) atoms. The number of nitrogens with one attached hydrogen (secondary N) is 3. The first-order valence-corrected chi connectivity index (χ1v) is 12.7. The lowest BCUT2D eigenvalue weighted by molar-refractivity contribution is -0.143. The van der Waals surface area contributed by atoms with Crippen LogP contribution in [0.25, 0.3) is 0 Å². The Hall–Kier alpha value is -2.69. The molecule has 7 nitrogen and oxygen atoms in total. The molecule has 192 valence electrons. The average molecular weight is 501 g/mol. The van der Waals surface area contributed by atoms with E-state index in [9.17, 15) is 18.0 Å². The molecule has 1 aromatic carbocycles. The third kappa shape index (κ3) is 4.57. The predicted molar refractivity (Wildman–Crippen MR) is 128 cm³/mol. The Labute approximate surface area is 208 Å². The number of alkyl halides is 3. The lowest BCUT2D eigenvalue weighted by Gasteiger charge is -2.48. The molecule has 3 N–H and O–H groups in total. The predicted octanol–water partition coefficient (Wildman–Crippen LogP) is 3.05. The summed E-state index contributed by atoms with van der Waals surface area (Å²) in [6.07, 6.45) is 1.09. The molecule has 2 aromatic rings. The maximum Gasteiger partial charge on any atom is 0.401 e. The minimum absolute atomic E-state index is 0.0587. The highest BCUT2D eigenvalue weighted by molar-refractivity contribution is 5.76. The molecule has 0 radical (unpaired) electrons. The van der Waals surface area contributed by atoms with Crippen LogP contribution < -0.4 is 16.2 Å². The normalized spacial score (nSPS) is 34.8. The number of halogens is 3. The van der Waals surface area contributed by atoms with Crippen molar-refractivity contribution in [2.45, 2.75) is 49.1 Å². The Kier molecular flexibility index (Phi) is 6.13. The van der Waals surface area contributed by atoms with Gasteiger partial charge >= 0.3 is 12.2 Å². The van der Waals surface area contributed by atoms with Crippen LogP contribution in [0.3, 0.4) is 0 Å². The summed E-state index contributed by atoms with van der Waals surface area (Å²) in [7, 11) is 0. The molecule has 5 unspecified atom stereocenters. The molecule has 6 rings (SSSR count). The van der Waals surface area contributed by atoms with Gasteiger partial charge in [0.15, 0.2) is 0 Å². The fourth-order valence-corrected chi connectivity index (χ4v) is 6.89. The van der Waals surface area contributed by atoms with E-state index in [2.05, 4.69) is 21.2 Å². The molecule has 10 heteroatoms. The third-order valence-electron chi connectivity index (χ3n) is 8.48. The van der Waals surface area contributed by atoms with E-state index < -0.39 is 12.7 Å². The zero-order valence-electron chi connectivity index (χ0n) is 19.9. The van der Waals surface area contributed by atoms with Crippen LogP contribution in [0.5, 0.6) is 0 Å². The van der Waals surface area contributed by atoms with Gasteiger partial charge in [-0.2, -0.15) is 13.2 Å². The number of rotatable bonds is 4. The van der Waals surface area contributed by atoms with Crippen molar-refractivity contribution in [3.05, 3.63) is 66.0 Å². The van der Waals surface area contributed by atoms with Crippen LogP contribution in [0.1, 0.15) is 35.9 Å². The van der Waals surface area contributed by atoms with E-state index in [4.69, 9.17) is 0 Å². The first kappa shape index (κ1) is 23.7. The number of urea groups is 1. The second kappa shape index (κ2) is 9.32. The molecule has 4 heterocycles. The molecule has 1 saturated carbocycles. The molecule has 1 aliphatic carbocycles. The zero-order chi connectivity index (χ0) is 24.9. The number of hydrogen-bond donors (Lipinski definition) is 3. The van der Waals surface area contributed by atoms with E-state index in [0.717, 1.165) is 18.4 Å². The van der Waals surface area contributed by atoms with Crippen molar-refractivity contribution >= 4 is 6.03 Å². The molecule has 0 spiro atoms. The third-order valence-corrected chi connectivity index (χ3v) is 8.48. The molecule has 2 amide bonds. The summed E-state index contributed by atoms with van der Waals surface area (Å²) in [5.74, 6) is 0.440. The zero-order valence-corrected chi connectivity index (χ0v) is 19.9. The summed E-state index contributed by atoms with van der Waals surface area (Å²) in [4.78, 5) is 20.7. The van der Waals surface area contributed by atoms with Gasteiger partial charge in [-0.3, -0.25) is 15.3 Å². The maximum atomic E-state index is 13.3. The van der Waals surface area contributed by atoms with E-state index in [1.165, 1.54) is 10.5 Å². The summed E-state index contributed by atoms with van der Waals surface area (Å²) in [5.41, 5.74) is 9.03. The minimum Gasteiger partial charge on any atom is -0.335 e. The molecule has 4 fully saturated rings. The topological polar surface area (TPSA) is 72.5 Å². The van der Waals surface area contributed by atoms with E-state index in [-0.39, 0.29) is 55.1 Å². The van der Waals surface area contributed by atoms with E-state index in [1.807, 2.05) is 47.4 Å². The summed E-state index contributed by atoms with van der Waals surface area (Å²) in [6, 6.07) is 13.7. The number of nitrogens with zero attached hydrogens (tertiary/aromatic N) is 3. The lowest BCUT2D eigenvalue weighted by atomic mass is 9.71. The van der Waals surface area contributed by atoms with E-state index in [1.54, 1.807) is 12.4 Å². The van der Waals surface area contributed by atoms with Crippen molar-refractivity contribution in [1.29, 1.82) is 0 Å². The highest BCUT2D eigenvalue weighted by Crippen LogP contribution is 2.43. The molecule has 1 aromatic heterocycles. The van der Waals surface area contributed by atoms with Gasteiger partial charge in [-0.25, -0.2) is 10.2 Å². The Balaban J connectivity index is 1.22. The van der Waals surface area contributed by atoms with Gasteiger partial charge in [-0.15, -0.1) is 0 Å². The van der Waals surface area contributed by atoms with Crippen molar-refractivity contribution in [3.63, 3.8) is 0 Å². The van der Waals surface area contributed by atoms with Crippen LogP contribution in [-0.2, 0) is 0 Å². The Morgan fingerprint density at radius 2 is 1.69 bits per heavy atom. The Bertz CT molecular complexity index is 1070.